The van der Waals surface area contributed by atoms with E-state index in [1.165, 1.54) is 30.3 Å². The number of carbonyl (C=O) groups excluding carboxylic acids is 1. The van der Waals surface area contributed by atoms with Gasteiger partial charge in [-0.1, -0.05) is 36.4 Å². The number of benzene rings is 3. The van der Waals surface area contributed by atoms with Gasteiger partial charge in [0.2, 0.25) is 10.0 Å². The molecule has 0 fully saturated rings. The third-order valence-corrected chi connectivity index (χ3v) is 9.04. The fourth-order valence-corrected chi connectivity index (χ4v) is 6.92. The quantitative estimate of drug-likeness (QED) is 0.178. The average molecular weight is 532 g/mol. The molecule has 0 aliphatic heterocycles. The Morgan fingerprint density at radius 2 is 1.89 bits per heavy atom. The number of phenolic OH excluding ortho intramolecular Hbond substituents is 1. The van der Waals surface area contributed by atoms with Crippen molar-refractivity contribution in [2.45, 2.75) is 30.2 Å². The number of hydrogen-bond donors (Lipinski definition) is 3. The van der Waals surface area contributed by atoms with Crippen molar-refractivity contribution in [1.82, 2.24) is 14.4 Å². The van der Waals surface area contributed by atoms with Gasteiger partial charge >= 0.3 is 0 Å². The minimum absolute atomic E-state index is 0.00734. The van der Waals surface area contributed by atoms with Crippen LogP contribution in [-0.4, -0.2) is 40.1 Å². The van der Waals surface area contributed by atoms with Gasteiger partial charge in [0, 0.05) is 36.8 Å². The van der Waals surface area contributed by atoms with Crippen molar-refractivity contribution in [3.63, 3.8) is 0 Å². The maximum Gasteiger partial charge on any atom is 0.267 e. The van der Waals surface area contributed by atoms with E-state index in [2.05, 4.69) is 16.8 Å². The molecule has 1 unspecified atom stereocenters. The van der Waals surface area contributed by atoms with Gasteiger partial charge in [-0.15, -0.1) is 0 Å². The van der Waals surface area contributed by atoms with Gasteiger partial charge < -0.3 is 9.67 Å². The second-order valence-corrected chi connectivity index (χ2v) is 11.4. The summed E-state index contributed by atoms with van der Waals surface area (Å²) in [6.45, 7) is 0.291. The second-order valence-electron chi connectivity index (χ2n) is 9.46. The summed E-state index contributed by atoms with van der Waals surface area (Å²) in [5.41, 5.74) is 6.50. The molecule has 3 aromatic carbocycles. The normalized spacial score (nSPS) is 15.4. The highest BCUT2D eigenvalue weighted by atomic mass is 32.2. The van der Waals surface area contributed by atoms with Crippen LogP contribution in [0.1, 0.15) is 34.7 Å². The molecule has 1 heterocycles. The molecule has 1 aromatic heterocycles. The standard InChI is InChI=1S/C29H29N3O5S/c1-31-19-22(25-4-2-3-5-27(25)31)16-17-32(38(36,37)24-11-9-23(33)10-12-24)28-14-8-21-18-20(6-13-26(21)28)7-15-29(34)30-35/h2-7,9-13,15,18-19,28,33,35H,8,14,16-17H2,1H3,(H,30,34)/b15-7+. The zero-order chi connectivity index (χ0) is 26.9. The van der Waals surface area contributed by atoms with Gasteiger partial charge in [-0.2, -0.15) is 4.31 Å². The summed E-state index contributed by atoms with van der Waals surface area (Å²) in [5.74, 6) is -0.615. The Balaban J connectivity index is 1.50. The first-order valence-electron chi connectivity index (χ1n) is 12.4. The van der Waals surface area contributed by atoms with Crippen LogP contribution in [0.2, 0.25) is 0 Å². The Bertz CT molecular complexity index is 1620. The molecule has 1 atom stereocenters. The van der Waals surface area contributed by atoms with Crippen molar-refractivity contribution in [2.75, 3.05) is 6.54 Å². The van der Waals surface area contributed by atoms with E-state index in [9.17, 15) is 18.3 Å². The molecular formula is C29H29N3O5S. The van der Waals surface area contributed by atoms with Crippen LogP contribution in [0.25, 0.3) is 17.0 Å². The number of aromatic nitrogens is 1. The number of phenols is 1. The van der Waals surface area contributed by atoms with Crippen LogP contribution in [-0.2, 0) is 34.7 Å². The molecule has 8 nitrogen and oxygen atoms in total. The highest BCUT2D eigenvalue weighted by Crippen LogP contribution is 2.40. The lowest BCUT2D eigenvalue weighted by Crippen LogP contribution is -2.35. The molecule has 5 rings (SSSR count). The van der Waals surface area contributed by atoms with E-state index in [4.69, 9.17) is 5.21 Å². The first-order chi connectivity index (χ1) is 18.3. The van der Waals surface area contributed by atoms with E-state index >= 15 is 0 Å². The van der Waals surface area contributed by atoms with E-state index < -0.39 is 15.9 Å². The molecule has 0 bridgehead atoms. The number of fused-ring (bicyclic) bond motifs is 2. The minimum atomic E-state index is -3.87. The molecule has 1 aliphatic carbocycles. The highest BCUT2D eigenvalue weighted by Gasteiger charge is 2.36. The molecule has 1 aliphatic rings. The van der Waals surface area contributed by atoms with Gasteiger partial charge in [0.1, 0.15) is 5.75 Å². The summed E-state index contributed by atoms with van der Waals surface area (Å²) >= 11 is 0. The summed E-state index contributed by atoms with van der Waals surface area (Å²) in [7, 11) is -1.89. The number of para-hydroxylation sites is 1. The number of rotatable bonds is 8. The molecule has 0 spiro atoms. The van der Waals surface area contributed by atoms with Crippen LogP contribution in [0.4, 0.5) is 0 Å². The van der Waals surface area contributed by atoms with Crippen molar-refractivity contribution in [3.8, 4) is 5.75 Å². The number of carbonyl (C=O) groups is 1. The molecule has 1 amide bonds. The van der Waals surface area contributed by atoms with Crippen molar-refractivity contribution >= 4 is 32.9 Å². The molecule has 0 saturated carbocycles. The van der Waals surface area contributed by atoms with E-state index in [0.29, 0.717) is 25.8 Å². The third-order valence-electron chi connectivity index (χ3n) is 7.12. The van der Waals surface area contributed by atoms with Crippen molar-refractivity contribution < 1.29 is 23.5 Å². The number of sulfonamides is 1. The highest BCUT2D eigenvalue weighted by molar-refractivity contribution is 7.89. The predicted octanol–water partition coefficient (Wildman–Crippen LogP) is 4.32. The fourth-order valence-electron chi connectivity index (χ4n) is 5.28. The molecule has 9 heteroatoms. The van der Waals surface area contributed by atoms with E-state index in [-0.39, 0.29) is 16.7 Å². The third kappa shape index (κ3) is 4.96. The Morgan fingerprint density at radius 1 is 1.13 bits per heavy atom. The molecular weight excluding hydrogens is 502 g/mol. The van der Waals surface area contributed by atoms with Gasteiger partial charge in [0.25, 0.3) is 5.91 Å². The first-order valence-corrected chi connectivity index (χ1v) is 13.8. The number of hydrogen-bond acceptors (Lipinski definition) is 5. The second kappa shape index (κ2) is 10.4. The molecule has 0 radical (unpaired) electrons. The smallest absolute Gasteiger partial charge is 0.267 e. The number of hydroxylamine groups is 1. The van der Waals surface area contributed by atoms with E-state index in [1.54, 1.807) is 15.9 Å². The van der Waals surface area contributed by atoms with E-state index in [1.807, 2.05) is 43.4 Å². The van der Waals surface area contributed by atoms with Crippen LogP contribution >= 0.6 is 0 Å². The van der Waals surface area contributed by atoms with Crippen LogP contribution in [0.3, 0.4) is 0 Å². The first kappa shape index (κ1) is 25.7. The lowest BCUT2D eigenvalue weighted by atomic mass is 10.0. The lowest BCUT2D eigenvalue weighted by molar-refractivity contribution is -0.124. The maximum absolute atomic E-state index is 14.0. The molecule has 4 aromatic rings. The summed E-state index contributed by atoms with van der Waals surface area (Å²) in [6.07, 6.45) is 6.77. The van der Waals surface area contributed by atoms with Gasteiger partial charge in [-0.05, 0) is 77.9 Å². The number of nitrogens with one attached hydrogen (secondary N) is 1. The van der Waals surface area contributed by atoms with Gasteiger partial charge in [-0.25, -0.2) is 13.9 Å². The summed E-state index contributed by atoms with van der Waals surface area (Å²) < 4.78 is 31.6. The van der Waals surface area contributed by atoms with Gasteiger partial charge in [-0.3, -0.25) is 10.0 Å². The largest absolute Gasteiger partial charge is 0.508 e. The molecule has 3 N–H and O–H groups in total. The average Bonchev–Trinajstić information content (AvgIpc) is 3.48. The predicted molar refractivity (Wildman–Crippen MR) is 145 cm³/mol. The SMILES string of the molecule is Cn1cc(CCN(C2CCc3cc(/C=C/C(=O)NO)ccc32)S(=O)(=O)c2ccc(O)cc2)c2ccccc21. The molecule has 196 valence electrons. The Morgan fingerprint density at radius 3 is 2.66 bits per heavy atom. The van der Waals surface area contributed by atoms with Crippen molar-refractivity contribution in [2.24, 2.45) is 7.05 Å². The number of aryl methyl sites for hydroxylation is 2. The van der Waals surface area contributed by atoms with E-state index in [0.717, 1.165) is 33.2 Å². The van der Waals surface area contributed by atoms with Crippen LogP contribution in [0.15, 0.2) is 83.9 Å². The fraction of sp³-hybridized carbons (Fsp3) is 0.207. The Hall–Kier alpha value is -3.92. The maximum atomic E-state index is 14.0. The lowest BCUT2D eigenvalue weighted by Gasteiger charge is -2.29. The number of amides is 1. The molecule has 0 saturated heterocycles. The van der Waals surface area contributed by atoms with Crippen LogP contribution in [0, 0.1) is 0 Å². The Kier molecular flexibility index (Phi) is 7.07. The van der Waals surface area contributed by atoms with Crippen molar-refractivity contribution in [3.05, 3.63) is 101 Å². The van der Waals surface area contributed by atoms with Gasteiger partial charge in [0.05, 0.1) is 10.9 Å². The van der Waals surface area contributed by atoms with Crippen LogP contribution in [0.5, 0.6) is 5.75 Å². The number of aromatic hydroxyl groups is 1. The summed E-state index contributed by atoms with van der Waals surface area (Å²) in [5, 5.41) is 19.5. The summed E-state index contributed by atoms with van der Waals surface area (Å²) in [4.78, 5) is 11.5. The van der Waals surface area contributed by atoms with Crippen molar-refractivity contribution in [1.29, 1.82) is 0 Å². The zero-order valence-corrected chi connectivity index (χ0v) is 21.7. The monoisotopic (exact) mass is 531 g/mol. The van der Waals surface area contributed by atoms with Crippen LogP contribution < -0.4 is 5.48 Å². The topological polar surface area (TPSA) is 112 Å². The van der Waals surface area contributed by atoms with Gasteiger partial charge in [0.15, 0.2) is 0 Å². The number of nitrogens with zero attached hydrogens (tertiary/aromatic N) is 2. The molecule has 38 heavy (non-hydrogen) atoms. The zero-order valence-electron chi connectivity index (χ0n) is 20.9. The summed E-state index contributed by atoms with van der Waals surface area (Å²) in [6, 6.07) is 19.1. The minimum Gasteiger partial charge on any atom is -0.508 e. The Labute approximate surface area is 221 Å².